The Hall–Kier alpha value is -3.28. The van der Waals surface area contributed by atoms with Crippen molar-refractivity contribution in [3.05, 3.63) is 65.9 Å². The van der Waals surface area contributed by atoms with Gasteiger partial charge in [0.15, 0.2) is 5.92 Å². The fourth-order valence-corrected chi connectivity index (χ4v) is 2.86. The highest BCUT2D eigenvalue weighted by molar-refractivity contribution is 5.93. The van der Waals surface area contributed by atoms with Crippen LogP contribution in [0.3, 0.4) is 0 Å². The summed E-state index contributed by atoms with van der Waals surface area (Å²) in [6.07, 6.45) is 2.68. The average Bonchev–Trinajstić information content (AvgIpc) is 3.04. The minimum absolute atomic E-state index is 0.0553. The molecule has 0 spiro atoms. The van der Waals surface area contributed by atoms with E-state index in [1.807, 2.05) is 24.4 Å². The smallest absolute Gasteiger partial charge is 0.318 e. The van der Waals surface area contributed by atoms with E-state index < -0.39 is 17.9 Å². The van der Waals surface area contributed by atoms with Crippen LogP contribution in [0.2, 0.25) is 0 Å². The van der Waals surface area contributed by atoms with Gasteiger partial charge in [-0.25, -0.2) is 0 Å². The van der Waals surface area contributed by atoms with Gasteiger partial charge in [-0.1, -0.05) is 30.3 Å². The van der Waals surface area contributed by atoms with Gasteiger partial charge in [0.1, 0.15) is 5.75 Å². The first-order valence-corrected chi connectivity index (χ1v) is 8.27. The maximum atomic E-state index is 11.0. The third-order valence-corrected chi connectivity index (χ3v) is 4.27. The lowest BCUT2D eigenvalue weighted by molar-refractivity contribution is -0.154. The van der Waals surface area contributed by atoms with Crippen molar-refractivity contribution in [2.24, 2.45) is 5.92 Å². The van der Waals surface area contributed by atoms with E-state index in [1.165, 1.54) is 10.9 Å². The highest BCUT2D eigenvalue weighted by Crippen LogP contribution is 2.19. The normalized spacial score (nSPS) is 11.0. The molecule has 0 unspecified atom stereocenters. The van der Waals surface area contributed by atoms with E-state index in [2.05, 4.69) is 11.1 Å². The lowest BCUT2D eigenvalue weighted by Crippen LogP contribution is -2.25. The largest absolute Gasteiger partial charge is 0.493 e. The van der Waals surface area contributed by atoms with E-state index in [1.54, 1.807) is 24.3 Å². The molecule has 0 amide bonds. The van der Waals surface area contributed by atoms with Crippen LogP contribution in [0.1, 0.15) is 11.1 Å². The van der Waals surface area contributed by atoms with Gasteiger partial charge in [0.25, 0.3) is 0 Å². The van der Waals surface area contributed by atoms with Crippen molar-refractivity contribution < 1.29 is 24.5 Å². The Kier molecular flexibility index (Phi) is 5.22. The van der Waals surface area contributed by atoms with Gasteiger partial charge in [-0.05, 0) is 35.7 Å². The average molecular weight is 353 g/mol. The number of aliphatic carboxylic acids is 2. The minimum atomic E-state index is -1.44. The Labute approximate surface area is 150 Å². The molecule has 0 aliphatic carbocycles. The summed E-state index contributed by atoms with van der Waals surface area (Å²) < 4.78 is 5.74. The number of hydrogen-bond acceptors (Lipinski definition) is 3. The molecule has 0 aliphatic heterocycles. The van der Waals surface area contributed by atoms with Crippen LogP contribution in [0.4, 0.5) is 0 Å². The standard InChI is InChI=1S/C20H19NO5/c22-19(23)17(20(24)25)11-13-5-7-15(8-6-13)26-10-9-14-12-21-18-4-2-1-3-16(14)18/h1-8,12,17,21H,9-11H2,(H,22,23)(H,24,25). The molecule has 3 N–H and O–H groups in total. The molecule has 1 heterocycles. The number of rotatable bonds is 8. The molecule has 0 radical (unpaired) electrons. The van der Waals surface area contributed by atoms with Crippen LogP contribution >= 0.6 is 0 Å². The summed E-state index contributed by atoms with van der Waals surface area (Å²) in [4.78, 5) is 25.1. The Morgan fingerprint density at radius 3 is 2.38 bits per heavy atom. The number of aromatic nitrogens is 1. The number of carboxylic acid groups (broad SMARTS) is 2. The Morgan fingerprint density at radius 2 is 1.69 bits per heavy atom. The number of para-hydroxylation sites is 1. The van der Waals surface area contributed by atoms with Crippen molar-refractivity contribution in [3.8, 4) is 5.75 Å². The Balaban J connectivity index is 1.56. The maximum absolute atomic E-state index is 11.0. The van der Waals surface area contributed by atoms with Crippen molar-refractivity contribution >= 4 is 22.8 Å². The summed E-state index contributed by atoms with van der Waals surface area (Å²) in [7, 11) is 0. The highest BCUT2D eigenvalue weighted by atomic mass is 16.5. The number of carboxylic acids is 2. The van der Waals surface area contributed by atoms with E-state index >= 15 is 0 Å². The van der Waals surface area contributed by atoms with Crippen LogP contribution in [0.15, 0.2) is 54.7 Å². The van der Waals surface area contributed by atoms with Gasteiger partial charge in [0, 0.05) is 23.5 Å². The molecule has 2 aromatic carbocycles. The van der Waals surface area contributed by atoms with Crippen molar-refractivity contribution in [1.29, 1.82) is 0 Å². The van der Waals surface area contributed by atoms with Crippen LogP contribution in [-0.2, 0) is 22.4 Å². The number of hydrogen-bond donors (Lipinski definition) is 3. The third-order valence-electron chi connectivity index (χ3n) is 4.27. The van der Waals surface area contributed by atoms with Crippen LogP contribution in [0.25, 0.3) is 10.9 Å². The monoisotopic (exact) mass is 353 g/mol. The third kappa shape index (κ3) is 4.03. The first kappa shape index (κ1) is 17.5. The van der Waals surface area contributed by atoms with Crippen molar-refractivity contribution in [1.82, 2.24) is 4.98 Å². The second-order valence-electron chi connectivity index (χ2n) is 6.04. The summed E-state index contributed by atoms with van der Waals surface area (Å²) in [5.41, 5.74) is 2.92. The van der Waals surface area contributed by atoms with Crippen molar-refractivity contribution in [2.75, 3.05) is 6.61 Å². The van der Waals surface area contributed by atoms with E-state index in [0.29, 0.717) is 17.9 Å². The summed E-state index contributed by atoms with van der Waals surface area (Å²) in [6.45, 7) is 0.508. The van der Waals surface area contributed by atoms with Crippen molar-refractivity contribution in [2.45, 2.75) is 12.8 Å². The molecule has 0 saturated carbocycles. The molecule has 26 heavy (non-hydrogen) atoms. The maximum Gasteiger partial charge on any atom is 0.318 e. The predicted molar refractivity (Wildman–Crippen MR) is 96.4 cm³/mol. The fraction of sp³-hybridized carbons (Fsp3) is 0.200. The summed E-state index contributed by atoms with van der Waals surface area (Å²) in [5.74, 6) is -3.45. The zero-order valence-electron chi connectivity index (χ0n) is 14.0. The highest BCUT2D eigenvalue weighted by Gasteiger charge is 2.25. The van der Waals surface area contributed by atoms with E-state index in [0.717, 1.165) is 11.9 Å². The predicted octanol–water partition coefficient (Wildman–Crippen LogP) is 3.12. The van der Waals surface area contributed by atoms with Gasteiger partial charge in [0.2, 0.25) is 0 Å². The summed E-state index contributed by atoms with van der Waals surface area (Å²) in [5, 5.41) is 19.0. The first-order valence-electron chi connectivity index (χ1n) is 8.27. The fourth-order valence-electron chi connectivity index (χ4n) is 2.86. The Bertz CT molecular complexity index is 899. The molecular weight excluding hydrogens is 334 g/mol. The van der Waals surface area contributed by atoms with Gasteiger partial charge in [-0.3, -0.25) is 9.59 Å². The zero-order chi connectivity index (χ0) is 18.5. The number of carbonyl (C=O) groups is 2. The molecule has 3 rings (SSSR count). The molecule has 0 aliphatic rings. The second-order valence-corrected chi connectivity index (χ2v) is 6.04. The number of nitrogens with one attached hydrogen (secondary N) is 1. The molecule has 3 aromatic rings. The van der Waals surface area contributed by atoms with Crippen molar-refractivity contribution in [3.63, 3.8) is 0 Å². The van der Waals surface area contributed by atoms with Crippen LogP contribution in [0, 0.1) is 5.92 Å². The lowest BCUT2D eigenvalue weighted by Gasteiger charge is -2.09. The molecule has 6 heteroatoms. The van der Waals surface area contributed by atoms with Gasteiger partial charge in [-0.2, -0.15) is 0 Å². The molecule has 0 atom stereocenters. The molecule has 0 bridgehead atoms. The number of H-pyrrole nitrogens is 1. The van der Waals surface area contributed by atoms with Gasteiger partial charge in [-0.15, -0.1) is 0 Å². The van der Waals surface area contributed by atoms with Crippen LogP contribution in [-0.4, -0.2) is 33.7 Å². The SMILES string of the molecule is O=C(O)C(Cc1ccc(OCCc2c[nH]c3ccccc23)cc1)C(=O)O. The minimum Gasteiger partial charge on any atom is -0.493 e. The van der Waals surface area contributed by atoms with Crippen LogP contribution in [0.5, 0.6) is 5.75 Å². The summed E-state index contributed by atoms with van der Waals surface area (Å²) in [6, 6.07) is 14.9. The molecule has 134 valence electrons. The van der Waals surface area contributed by atoms with E-state index in [4.69, 9.17) is 14.9 Å². The molecule has 6 nitrogen and oxygen atoms in total. The van der Waals surface area contributed by atoms with E-state index in [9.17, 15) is 9.59 Å². The quantitative estimate of drug-likeness (QED) is 0.540. The molecular formula is C20H19NO5. The number of fused-ring (bicyclic) bond motifs is 1. The first-order chi connectivity index (χ1) is 12.5. The molecule has 0 fully saturated rings. The number of ether oxygens (including phenoxy) is 1. The van der Waals surface area contributed by atoms with Gasteiger partial charge >= 0.3 is 11.9 Å². The van der Waals surface area contributed by atoms with Gasteiger partial charge in [0.05, 0.1) is 6.61 Å². The zero-order valence-corrected chi connectivity index (χ0v) is 14.0. The lowest BCUT2D eigenvalue weighted by atomic mass is 10.00. The molecule has 0 saturated heterocycles. The van der Waals surface area contributed by atoms with Gasteiger partial charge < -0.3 is 19.9 Å². The Morgan fingerprint density at radius 1 is 1.00 bits per heavy atom. The summed E-state index contributed by atoms with van der Waals surface area (Å²) >= 11 is 0. The topological polar surface area (TPSA) is 99.6 Å². The molecule has 1 aromatic heterocycles. The number of benzene rings is 2. The second kappa shape index (κ2) is 7.74. The van der Waals surface area contributed by atoms with Crippen LogP contribution < -0.4 is 4.74 Å². The number of aromatic amines is 1. The van der Waals surface area contributed by atoms with E-state index in [-0.39, 0.29) is 6.42 Å².